The summed E-state index contributed by atoms with van der Waals surface area (Å²) in [7, 11) is -3.73. The number of sulfonamides is 1. The van der Waals surface area contributed by atoms with Crippen LogP contribution in [0.25, 0.3) is 11.2 Å². The molecule has 38 heavy (non-hydrogen) atoms. The monoisotopic (exact) mass is 553 g/mol. The van der Waals surface area contributed by atoms with Crippen molar-refractivity contribution in [2.75, 3.05) is 15.4 Å². The van der Waals surface area contributed by atoms with Gasteiger partial charge in [-0.1, -0.05) is 12.8 Å². The van der Waals surface area contributed by atoms with Crippen molar-refractivity contribution in [2.24, 2.45) is 5.73 Å². The number of aromatic nitrogens is 5. The summed E-state index contributed by atoms with van der Waals surface area (Å²) in [6.07, 6.45) is 12.0. The highest BCUT2D eigenvalue weighted by atomic mass is 32.2. The number of rotatable bonds is 8. The number of benzene rings is 1. The van der Waals surface area contributed by atoms with Crippen LogP contribution in [0, 0.1) is 0 Å². The molecule has 3 aromatic heterocycles. The second-order valence-corrected chi connectivity index (χ2v) is 12.6. The zero-order valence-corrected chi connectivity index (χ0v) is 22.5. The average Bonchev–Trinajstić information content (AvgIpc) is 3.68. The summed E-state index contributed by atoms with van der Waals surface area (Å²) >= 11 is 1.23. The third-order valence-corrected chi connectivity index (χ3v) is 9.50. The number of anilines is 4. The van der Waals surface area contributed by atoms with Gasteiger partial charge in [0.05, 0.1) is 11.2 Å². The van der Waals surface area contributed by atoms with Crippen molar-refractivity contribution < 1.29 is 8.42 Å². The molecule has 2 aliphatic rings. The summed E-state index contributed by atoms with van der Waals surface area (Å²) in [4.78, 5) is 18.5. The van der Waals surface area contributed by atoms with Crippen molar-refractivity contribution in [3.8, 4) is 0 Å². The Bertz CT molecular complexity index is 1490. The molecule has 5 N–H and O–H groups in total. The second-order valence-electron chi connectivity index (χ2n) is 10.0. The van der Waals surface area contributed by atoms with E-state index >= 15 is 0 Å². The molecule has 11 nitrogen and oxygen atoms in total. The van der Waals surface area contributed by atoms with Crippen molar-refractivity contribution >= 4 is 55.1 Å². The quantitative estimate of drug-likeness (QED) is 0.245. The fourth-order valence-electron chi connectivity index (χ4n) is 5.27. The summed E-state index contributed by atoms with van der Waals surface area (Å²) in [6.45, 7) is 0. The highest BCUT2D eigenvalue weighted by Gasteiger charge is 2.24. The van der Waals surface area contributed by atoms with Gasteiger partial charge in [-0.2, -0.15) is 9.97 Å². The molecule has 0 saturated heterocycles. The molecule has 0 radical (unpaired) electrons. The van der Waals surface area contributed by atoms with E-state index in [9.17, 15) is 8.42 Å². The van der Waals surface area contributed by atoms with Crippen LogP contribution < -0.4 is 21.1 Å². The SMILES string of the molecule is N[C@H]1CC[C@H](Nc2nc(Nc3ccc(S(=O)(=O)Nc4nccs4)cc3)c3ncn(C4CCCC4)c3n2)CC1. The molecule has 0 unspecified atom stereocenters. The van der Waals surface area contributed by atoms with Crippen LogP contribution in [-0.4, -0.2) is 45.0 Å². The summed E-state index contributed by atoms with van der Waals surface area (Å²) in [5.41, 5.74) is 8.29. The van der Waals surface area contributed by atoms with Crippen molar-refractivity contribution in [1.29, 1.82) is 0 Å². The van der Waals surface area contributed by atoms with Gasteiger partial charge < -0.3 is 20.9 Å². The third kappa shape index (κ3) is 5.31. The van der Waals surface area contributed by atoms with E-state index in [4.69, 9.17) is 15.7 Å². The molecule has 2 saturated carbocycles. The average molecular weight is 554 g/mol. The smallest absolute Gasteiger partial charge is 0.263 e. The van der Waals surface area contributed by atoms with Crippen LogP contribution in [0.3, 0.4) is 0 Å². The van der Waals surface area contributed by atoms with E-state index in [1.807, 2.05) is 6.33 Å². The van der Waals surface area contributed by atoms with Crippen molar-refractivity contribution in [2.45, 2.75) is 74.4 Å². The Labute approximate surface area is 225 Å². The minimum absolute atomic E-state index is 0.148. The summed E-state index contributed by atoms with van der Waals surface area (Å²) < 4.78 is 30.1. The van der Waals surface area contributed by atoms with Gasteiger partial charge in [0.2, 0.25) is 5.95 Å². The van der Waals surface area contributed by atoms with Crippen molar-refractivity contribution in [1.82, 2.24) is 24.5 Å². The first-order chi connectivity index (χ1) is 18.4. The second kappa shape index (κ2) is 10.5. The van der Waals surface area contributed by atoms with Gasteiger partial charge in [0, 0.05) is 35.4 Å². The molecule has 2 aliphatic carbocycles. The Kier molecular flexibility index (Phi) is 6.89. The summed E-state index contributed by atoms with van der Waals surface area (Å²) in [5.74, 6) is 1.14. The van der Waals surface area contributed by atoms with Crippen LogP contribution in [0.1, 0.15) is 57.4 Å². The molecular weight excluding hydrogens is 522 g/mol. The van der Waals surface area contributed by atoms with Gasteiger partial charge in [0.1, 0.15) is 0 Å². The van der Waals surface area contributed by atoms with E-state index in [-0.39, 0.29) is 17.0 Å². The molecular formula is C25H31N9O2S2. The number of thiazole rings is 1. The molecule has 4 aromatic rings. The minimum Gasteiger partial charge on any atom is -0.351 e. The van der Waals surface area contributed by atoms with E-state index in [0.29, 0.717) is 34.1 Å². The van der Waals surface area contributed by atoms with E-state index in [1.165, 1.54) is 24.2 Å². The fourth-order valence-corrected chi connectivity index (χ4v) is 7.05. The van der Waals surface area contributed by atoms with E-state index in [2.05, 4.69) is 29.9 Å². The third-order valence-electron chi connectivity index (χ3n) is 7.33. The lowest BCUT2D eigenvalue weighted by molar-refractivity contribution is 0.410. The highest BCUT2D eigenvalue weighted by Crippen LogP contribution is 2.34. The number of imidazole rings is 1. The number of nitrogens with two attached hydrogens (primary N) is 1. The Morgan fingerprint density at radius 1 is 0.974 bits per heavy atom. The molecule has 3 heterocycles. The summed E-state index contributed by atoms with van der Waals surface area (Å²) in [6, 6.07) is 7.47. The van der Waals surface area contributed by atoms with Gasteiger partial charge in [0.15, 0.2) is 22.1 Å². The zero-order chi connectivity index (χ0) is 26.1. The normalized spacial score (nSPS) is 20.6. The standard InChI is InChI=1S/C25H31N9O2S2/c26-16-5-7-18(8-6-16)30-24-31-22(21-23(32-24)34(15-28-21)19-3-1-2-4-19)29-17-9-11-20(12-10-17)38(35,36)33-25-27-13-14-37-25/h9-16,18-19H,1-8,26H2,(H,27,33)(H2,29,30,31,32)/t16-,18-. The first kappa shape index (κ1) is 25.0. The van der Waals surface area contributed by atoms with Gasteiger partial charge in [0.25, 0.3) is 10.0 Å². The number of fused-ring (bicyclic) bond motifs is 1. The maximum atomic E-state index is 12.7. The first-order valence-corrected chi connectivity index (χ1v) is 15.4. The Hall–Kier alpha value is -3.29. The predicted molar refractivity (Wildman–Crippen MR) is 149 cm³/mol. The van der Waals surface area contributed by atoms with Crippen LogP contribution in [0.4, 0.5) is 22.6 Å². The van der Waals surface area contributed by atoms with Gasteiger partial charge in [-0.3, -0.25) is 4.72 Å². The fraction of sp³-hybridized carbons (Fsp3) is 0.440. The molecule has 0 spiro atoms. The van der Waals surface area contributed by atoms with Crippen LogP contribution in [0.5, 0.6) is 0 Å². The molecule has 0 amide bonds. The lowest BCUT2D eigenvalue weighted by Crippen LogP contribution is -2.33. The zero-order valence-electron chi connectivity index (χ0n) is 20.9. The van der Waals surface area contributed by atoms with Crippen LogP contribution in [-0.2, 0) is 10.0 Å². The van der Waals surface area contributed by atoms with Gasteiger partial charge in [-0.15, -0.1) is 11.3 Å². The number of hydrogen-bond donors (Lipinski definition) is 4. The van der Waals surface area contributed by atoms with Crippen molar-refractivity contribution in [3.63, 3.8) is 0 Å². The highest BCUT2D eigenvalue weighted by molar-refractivity contribution is 7.93. The Morgan fingerprint density at radius 3 is 2.45 bits per heavy atom. The van der Waals surface area contributed by atoms with E-state index in [1.54, 1.807) is 35.8 Å². The number of nitrogens with zero attached hydrogens (tertiary/aromatic N) is 5. The minimum atomic E-state index is -3.73. The molecule has 1 aromatic carbocycles. The maximum absolute atomic E-state index is 12.7. The lowest BCUT2D eigenvalue weighted by Gasteiger charge is -2.27. The Morgan fingerprint density at radius 2 is 1.74 bits per heavy atom. The molecule has 200 valence electrons. The van der Waals surface area contributed by atoms with E-state index < -0.39 is 10.0 Å². The van der Waals surface area contributed by atoms with Crippen LogP contribution >= 0.6 is 11.3 Å². The molecule has 2 fully saturated rings. The first-order valence-electron chi connectivity index (χ1n) is 13.0. The molecule has 0 bridgehead atoms. The van der Waals surface area contributed by atoms with Crippen LogP contribution in [0.15, 0.2) is 47.1 Å². The largest absolute Gasteiger partial charge is 0.351 e. The van der Waals surface area contributed by atoms with Crippen LogP contribution in [0.2, 0.25) is 0 Å². The van der Waals surface area contributed by atoms with E-state index in [0.717, 1.165) is 44.2 Å². The number of nitrogens with one attached hydrogen (secondary N) is 3. The van der Waals surface area contributed by atoms with Gasteiger partial charge in [-0.05, 0) is 62.8 Å². The van der Waals surface area contributed by atoms with Gasteiger partial charge in [-0.25, -0.2) is 18.4 Å². The topological polar surface area (TPSA) is 153 Å². The summed E-state index contributed by atoms with van der Waals surface area (Å²) in [5, 5.41) is 8.92. The molecule has 0 aliphatic heterocycles. The molecule has 6 rings (SSSR count). The maximum Gasteiger partial charge on any atom is 0.263 e. The Balaban J connectivity index is 1.28. The molecule has 13 heteroatoms. The van der Waals surface area contributed by atoms with Gasteiger partial charge >= 0.3 is 0 Å². The van der Waals surface area contributed by atoms with Crippen molar-refractivity contribution in [3.05, 3.63) is 42.2 Å². The lowest BCUT2D eigenvalue weighted by atomic mass is 9.92. The molecule has 0 atom stereocenters. The number of hydrogen-bond acceptors (Lipinski definition) is 10. The predicted octanol–water partition coefficient (Wildman–Crippen LogP) is 4.62.